The van der Waals surface area contributed by atoms with E-state index in [0.717, 1.165) is 41.7 Å². The zero-order valence-electron chi connectivity index (χ0n) is 22.4. The number of para-hydroxylation sites is 1. The molecule has 1 aromatic heterocycles. The first-order valence-corrected chi connectivity index (χ1v) is 13.4. The topological polar surface area (TPSA) is 75.0 Å². The standard InChI is InChI=1S/C31H32ClN3O4/c1-31(2,3)39-30(37)35-17-15-34(16-18-35)20-22-7-6-10-27-25(22)19-28(38-27)24-8-4-5-9-26(24)33-29(36)21-11-13-23(32)14-12-21/h4-14,19H,15-18,20H2,1-3H3,(H,33,36). The Morgan fingerprint density at radius 2 is 1.67 bits per heavy atom. The van der Waals surface area contributed by atoms with Gasteiger partial charge < -0.3 is 19.4 Å². The summed E-state index contributed by atoms with van der Waals surface area (Å²) in [5.74, 6) is 0.459. The lowest BCUT2D eigenvalue weighted by molar-refractivity contribution is 0.0139. The van der Waals surface area contributed by atoms with Crippen LogP contribution < -0.4 is 5.32 Å². The zero-order chi connectivity index (χ0) is 27.6. The van der Waals surface area contributed by atoms with Crippen molar-refractivity contribution in [2.45, 2.75) is 32.9 Å². The van der Waals surface area contributed by atoms with Crippen molar-refractivity contribution in [2.24, 2.45) is 0 Å². The molecular weight excluding hydrogens is 514 g/mol. The number of anilines is 1. The van der Waals surface area contributed by atoms with Crippen molar-refractivity contribution in [3.05, 3.63) is 88.9 Å². The second-order valence-corrected chi connectivity index (χ2v) is 11.1. The van der Waals surface area contributed by atoms with Gasteiger partial charge in [-0.05, 0) is 74.9 Å². The van der Waals surface area contributed by atoms with Crippen LogP contribution >= 0.6 is 11.6 Å². The molecule has 7 nitrogen and oxygen atoms in total. The summed E-state index contributed by atoms with van der Waals surface area (Å²) in [6.45, 7) is 9.17. The van der Waals surface area contributed by atoms with E-state index in [-0.39, 0.29) is 12.0 Å². The SMILES string of the molecule is CC(C)(C)OC(=O)N1CCN(Cc2cccc3oc(-c4ccccc4NC(=O)c4ccc(Cl)cc4)cc23)CC1. The molecule has 0 bridgehead atoms. The van der Waals surface area contributed by atoms with E-state index >= 15 is 0 Å². The van der Waals surface area contributed by atoms with Crippen LogP contribution in [0.3, 0.4) is 0 Å². The second kappa shape index (κ2) is 11.1. The highest BCUT2D eigenvalue weighted by Crippen LogP contribution is 2.34. The number of hydrogen-bond acceptors (Lipinski definition) is 5. The van der Waals surface area contributed by atoms with Crippen molar-refractivity contribution < 1.29 is 18.7 Å². The number of hydrogen-bond donors (Lipinski definition) is 1. The summed E-state index contributed by atoms with van der Waals surface area (Å²) >= 11 is 5.97. The van der Waals surface area contributed by atoms with Gasteiger partial charge in [0.1, 0.15) is 16.9 Å². The number of ether oxygens (including phenoxy) is 1. The van der Waals surface area contributed by atoms with Crippen molar-refractivity contribution in [2.75, 3.05) is 31.5 Å². The van der Waals surface area contributed by atoms with Crippen LogP contribution in [0.25, 0.3) is 22.3 Å². The predicted octanol–water partition coefficient (Wildman–Crippen LogP) is 7.06. The summed E-state index contributed by atoms with van der Waals surface area (Å²) < 4.78 is 11.8. The molecule has 4 aromatic rings. The van der Waals surface area contributed by atoms with E-state index < -0.39 is 5.60 Å². The lowest BCUT2D eigenvalue weighted by Gasteiger charge is -2.35. The molecule has 1 saturated heterocycles. The van der Waals surface area contributed by atoms with Crippen molar-refractivity contribution in [1.29, 1.82) is 0 Å². The number of carbonyl (C=O) groups is 2. The average Bonchev–Trinajstić information content (AvgIpc) is 3.34. The Hall–Kier alpha value is -3.81. The maximum Gasteiger partial charge on any atom is 0.410 e. The molecule has 0 saturated carbocycles. The number of nitrogens with one attached hydrogen (secondary N) is 1. The fraction of sp³-hybridized carbons (Fsp3) is 0.290. The Morgan fingerprint density at radius 1 is 0.949 bits per heavy atom. The molecule has 5 rings (SSSR count). The van der Waals surface area contributed by atoms with Crippen molar-refractivity contribution in [3.63, 3.8) is 0 Å². The summed E-state index contributed by atoms with van der Waals surface area (Å²) in [7, 11) is 0. The molecule has 1 N–H and O–H groups in total. The minimum absolute atomic E-state index is 0.221. The maximum absolute atomic E-state index is 12.9. The summed E-state index contributed by atoms with van der Waals surface area (Å²) in [5.41, 5.74) is 3.42. The van der Waals surface area contributed by atoms with E-state index in [9.17, 15) is 9.59 Å². The molecule has 202 valence electrons. The Morgan fingerprint density at radius 3 is 2.38 bits per heavy atom. The highest BCUT2D eigenvalue weighted by atomic mass is 35.5. The van der Waals surface area contributed by atoms with Gasteiger partial charge in [-0.3, -0.25) is 9.69 Å². The van der Waals surface area contributed by atoms with E-state index in [1.807, 2.05) is 63.2 Å². The van der Waals surface area contributed by atoms with Crippen LogP contribution in [0, 0.1) is 0 Å². The molecule has 8 heteroatoms. The van der Waals surface area contributed by atoms with E-state index in [1.54, 1.807) is 29.2 Å². The van der Waals surface area contributed by atoms with Gasteiger partial charge in [-0.1, -0.05) is 35.9 Å². The van der Waals surface area contributed by atoms with E-state index in [2.05, 4.69) is 16.3 Å². The van der Waals surface area contributed by atoms with Gasteiger partial charge >= 0.3 is 6.09 Å². The van der Waals surface area contributed by atoms with Crippen LogP contribution in [0.15, 0.2) is 77.2 Å². The highest BCUT2D eigenvalue weighted by molar-refractivity contribution is 6.30. The fourth-order valence-electron chi connectivity index (χ4n) is 4.65. The quantitative estimate of drug-likeness (QED) is 0.290. The monoisotopic (exact) mass is 545 g/mol. The van der Waals surface area contributed by atoms with Gasteiger partial charge in [-0.15, -0.1) is 0 Å². The van der Waals surface area contributed by atoms with E-state index in [4.69, 9.17) is 20.8 Å². The van der Waals surface area contributed by atoms with Crippen LogP contribution in [-0.4, -0.2) is 53.6 Å². The van der Waals surface area contributed by atoms with Gasteiger partial charge in [0, 0.05) is 54.3 Å². The number of carbonyl (C=O) groups excluding carboxylic acids is 2. The normalized spacial score (nSPS) is 14.4. The summed E-state index contributed by atoms with van der Waals surface area (Å²) in [6.07, 6.45) is -0.259. The van der Waals surface area contributed by atoms with Gasteiger partial charge in [0.15, 0.2) is 0 Å². The highest BCUT2D eigenvalue weighted by Gasteiger charge is 2.26. The van der Waals surface area contributed by atoms with Gasteiger partial charge in [0.2, 0.25) is 0 Å². The minimum atomic E-state index is -0.500. The molecule has 39 heavy (non-hydrogen) atoms. The first-order chi connectivity index (χ1) is 18.7. The molecule has 1 aliphatic heterocycles. The predicted molar refractivity (Wildman–Crippen MR) is 154 cm³/mol. The molecule has 3 aromatic carbocycles. The van der Waals surface area contributed by atoms with Crippen molar-refractivity contribution >= 4 is 40.3 Å². The van der Waals surface area contributed by atoms with Gasteiger partial charge in [-0.25, -0.2) is 4.79 Å². The number of halogens is 1. The first-order valence-electron chi connectivity index (χ1n) is 13.0. The van der Waals surface area contributed by atoms with Crippen LogP contribution in [0.2, 0.25) is 5.02 Å². The van der Waals surface area contributed by atoms with Crippen LogP contribution in [0.1, 0.15) is 36.7 Å². The third-order valence-corrected chi connectivity index (χ3v) is 6.87. The van der Waals surface area contributed by atoms with Gasteiger partial charge in [0.05, 0.1) is 5.69 Å². The maximum atomic E-state index is 12.9. The number of fused-ring (bicyclic) bond motifs is 1. The summed E-state index contributed by atoms with van der Waals surface area (Å²) in [6, 6.07) is 22.5. The van der Waals surface area contributed by atoms with Crippen LogP contribution in [0.5, 0.6) is 0 Å². The Labute approximate surface area is 233 Å². The Bertz CT molecular complexity index is 1480. The summed E-state index contributed by atoms with van der Waals surface area (Å²) in [4.78, 5) is 29.4. The smallest absolute Gasteiger partial charge is 0.410 e. The third-order valence-electron chi connectivity index (χ3n) is 6.62. The molecule has 2 amide bonds. The number of rotatable bonds is 5. The van der Waals surface area contributed by atoms with Crippen LogP contribution in [0.4, 0.5) is 10.5 Å². The Kier molecular flexibility index (Phi) is 7.64. The van der Waals surface area contributed by atoms with E-state index in [1.165, 1.54) is 0 Å². The Balaban J connectivity index is 1.31. The molecule has 0 radical (unpaired) electrons. The lowest BCUT2D eigenvalue weighted by atomic mass is 10.1. The molecule has 1 fully saturated rings. The molecule has 1 aliphatic rings. The number of furan rings is 1. The van der Waals surface area contributed by atoms with Crippen molar-refractivity contribution in [3.8, 4) is 11.3 Å². The lowest BCUT2D eigenvalue weighted by Crippen LogP contribution is -2.49. The number of piperazine rings is 1. The summed E-state index contributed by atoms with van der Waals surface area (Å²) in [5, 5.41) is 4.61. The molecule has 0 atom stereocenters. The molecule has 0 spiro atoms. The molecule has 2 heterocycles. The number of amides is 2. The molecule has 0 aliphatic carbocycles. The number of nitrogens with zero attached hydrogens (tertiary/aromatic N) is 2. The van der Waals surface area contributed by atoms with Crippen LogP contribution in [-0.2, 0) is 11.3 Å². The largest absolute Gasteiger partial charge is 0.456 e. The second-order valence-electron chi connectivity index (χ2n) is 10.7. The third kappa shape index (κ3) is 6.44. The minimum Gasteiger partial charge on any atom is -0.456 e. The van der Waals surface area contributed by atoms with Gasteiger partial charge in [0.25, 0.3) is 5.91 Å². The molecular formula is C31H32ClN3O4. The first kappa shape index (κ1) is 26.8. The van der Waals surface area contributed by atoms with Gasteiger partial charge in [-0.2, -0.15) is 0 Å². The number of benzene rings is 3. The fourth-order valence-corrected chi connectivity index (χ4v) is 4.78. The van der Waals surface area contributed by atoms with Crippen molar-refractivity contribution in [1.82, 2.24) is 9.80 Å². The zero-order valence-corrected chi connectivity index (χ0v) is 23.1. The van der Waals surface area contributed by atoms with E-state index in [0.29, 0.717) is 35.1 Å². The average molecular weight is 546 g/mol. The molecule has 0 unspecified atom stereocenters.